The second kappa shape index (κ2) is 6.92. The van der Waals surface area contributed by atoms with Gasteiger partial charge in [-0.05, 0) is 42.9 Å². The van der Waals surface area contributed by atoms with Crippen molar-refractivity contribution in [2.75, 3.05) is 13.1 Å². The number of nitrogens with one attached hydrogen (secondary N) is 1. The van der Waals surface area contributed by atoms with Crippen LogP contribution in [0.3, 0.4) is 0 Å². The fourth-order valence-electron chi connectivity index (χ4n) is 4.73. The van der Waals surface area contributed by atoms with Crippen LogP contribution in [0, 0.1) is 11.8 Å². The Morgan fingerprint density at radius 2 is 1.93 bits per heavy atom. The molecule has 1 unspecified atom stereocenters. The van der Waals surface area contributed by atoms with E-state index in [2.05, 4.69) is 10.3 Å². The molecule has 7 nitrogen and oxygen atoms in total. The van der Waals surface area contributed by atoms with E-state index in [4.69, 9.17) is 4.42 Å². The molecule has 148 valence electrons. The maximum atomic E-state index is 12.9. The topological polar surface area (TPSA) is 95.7 Å². The van der Waals surface area contributed by atoms with Gasteiger partial charge in [-0.3, -0.25) is 14.6 Å². The number of phenols is 1. The van der Waals surface area contributed by atoms with Gasteiger partial charge in [0.1, 0.15) is 11.8 Å². The summed E-state index contributed by atoms with van der Waals surface area (Å²) in [6.07, 6.45) is 6.50. The molecule has 2 aromatic heterocycles. The first kappa shape index (κ1) is 17.7. The molecule has 1 saturated carbocycles. The minimum atomic E-state index is -0.299. The second-order valence-corrected chi connectivity index (χ2v) is 7.86. The Morgan fingerprint density at radius 3 is 2.66 bits per heavy atom. The SMILES string of the molecule is O=C(NC1[C@@H]2CC[C@H]1CN(C(=O)c1ccoc1)C2)c1ccc2cccnc2c1O. The third kappa shape index (κ3) is 3.03. The Hall–Kier alpha value is -3.35. The molecule has 2 fully saturated rings. The molecule has 3 heterocycles. The number of carbonyl (C=O) groups is 2. The number of likely N-dealkylation sites (tertiary alicyclic amines) is 1. The number of phenolic OH excluding ortho intramolecular Hbond substituents is 1. The van der Waals surface area contributed by atoms with Crippen molar-refractivity contribution in [3.63, 3.8) is 0 Å². The predicted octanol–water partition coefficient (Wildman–Crippen LogP) is 2.81. The summed E-state index contributed by atoms with van der Waals surface area (Å²) < 4.78 is 5.03. The average Bonchev–Trinajstić information content (AvgIpc) is 3.34. The number of aromatic nitrogens is 1. The van der Waals surface area contributed by atoms with Crippen molar-refractivity contribution >= 4 is 22.7 Å². The fraction of sp³-hybridized carbons (Fsp3) is 0.318. The largest absolute Gasteiger partial charge is 0.505 e. The minimum Gasteiger partial charge on any atom is -0.505 e. The highest BCUT2D eigenvalue weighted by Gasteiger charge is 2.44. The van der Waals surface area contributed by atoms with Gasteiger partial charge in [-0.15, -0.1) is 0 Å². The van der Waals surface area contributed by atoms with Crippen molar-refractivity contribution in [3.8, 4) is 5.75 Å². The van der Waals surface area contributed by atoms with Gasteiger partial charge in [-0.25, -0.2) is 0 Å². The van der Waals surface area contributed by atoms with E-state index in [1.165, 1.54) is 12.5 Å². The summed E-state index contributed by atoms with van der Waals surface area (Å²) in [5.41, 5.74) is 1.21. The van der Waals surface area contributed by atoms with Crippen LogP contribution in [-0.2, 0) is 0 Å². The summed E-state index contributed by atoms with van der Waals surface area (Å²) >= 11 is 0. The molecule has 2 amide bonds. The van der Waals surface area contributed by atoms with Gasteiger partial charge >= 0.3 is 0 Å². The quantitative estimate of drug-likeness (QED) is 0.716. The van der Waals surface area contributed by atoms with Crippen molar-refractivity contribution in [3.05, 3.63) is 60.2 Å². The summed E-state index contributed by atoms with van der Waals surface area (Å²) in [4.78, 5) is 31.6. The molecule has 2 N–H and O–H groups in total. The van der Waals surface area contributed by atoms with Gasteiger partial charge < -0.3 is 19.7 Å². The van der Waals surface area contributed by atoms with E-state index in [1.807, 2.05) is 11.0 Å². The lowest BCUT2D eigenvalue weighted by Gasteiger charge is -2.38. The zero-order valence-electron chi connectivity index (χ0n) is 15.7. The van der Waals surface area contributed by atoms with E-state index in [-0.39, 0.29) is 41.0 Å². The molecular weight excluding hydrogens is 370 g/mol. The molecule has 2 bridgehead atoms. The van der Waals surface area contributed by atoms with Gasteiger partial charge in [0.2, 0.25) is 0 Å². The van der Waals surface area contributed by atoms with Crippen LogP contribution in [0.2, 0.25) is 0 Å². The van der Waals surface area contributed by atoms with Crippen molar-refractivity contribution < 1.29 is 19.1 Å². The fourth-order valence-corrected chi connectivity index (χ4v) is 4.73. The van der Waals surface area contributed by atoms with Crippen LogP contribution in [-0.4, -0.2) is 45.9 Å². The van der Waals surface area contributed by atoms with Crippen LogP contribution in [0.25, 0.3) is 10.9 Å². The van der Waals surface area contributed by atoms with Gasteiger partial charge in [0, 0.05) is 30.7 Å². The average molecular weight is 391 g/mol. The number of hydrogen-bond acceptors (Lipinski definition) is 5. The number of benzene rings is 1. The van der Waals surface area contributed by atoms with Crippen LogP contribution < -0.4 is 5.32 Å². The molecule has 1 aromatic carbocycles. The summed E-state index contributed by atoms with van der Waals surface area (Å²) in [7, 11) is 0. The Bertz CT molecular complexity index is 1060. The van der Waals surface area contributed by atoms with E-state index in [9.17, 15) is 14.7 Å². The first-order valence-corrected chi connectivity index (χ1v) is 9.81. The van der Waals surface area contributed by atoms with E-state index >= 15 is 0 Å². The number of aromatic hydroxyl groups is 1. The van der Waals surface area contributed by atoms with Crippen LogP contribution >= 0.6 is 0 Å². The Kier molecular flexibility index (Phi) is 4.23. The van der Waals surface area contributed by atoms with Crippen LogP contribution in [0.15, 0.2) is 53.5 Å². The standard InChI is InChI=1S/C22H21N3O4/c26-20-17(6-5-13-2-1-8-23-19(13)20)21(27)24-18-14-3-4-15(18)11-25(10-14)22(28)16-7-9-29-12-16/h1-2,5-9,12,14-15,18,26H,3-4,10-11H2,(H,24,27)/t14-,15+,18?. The number of pyridine rings is 1. The molecule has 1 saturated heterocycles. The van der Waals surface area contributed by atoms with Gasteiger partial charge in [0.25, 0.3) is 11.8 Å². The van der Waals surface area contributed by atoms with Crippen LogP contribution in [0.4, 0.5) is 0 Å². The Morgan fingerprint density at radius 1 is 1.14 bits per heavy atom. The highest BCUT2D eigenvalue weighted by atomic mass is 16.3. The van der Waals surface area contributed by atoms with Gasteiger partial charge in [-0.1, -0.05) is 12.1 Å². The lowest BCUT2D eigenvalue weighted by atomic mass is 9.91. The molecular formula is C22H21N3O4. The maximum absolute atomic E-state index is 12.9. The summed E-state index contributed by atoms with van der Waals surface area (Å²) in [6.45, 7) is 1.22. The highest BCUT2D eigenvalue weighted by Crippen LogP contribution is 2.38. The normalized spacial score (nSPS) is 23.3. The number of carbonyl (C=O) groups excluding carboxylic acids is 2. The number of fused-ring (bicyclic) bond motifs is 3. The van der Waals surface area contributed by atoms with Gasteiger partial charge in [0.15, 0.2) is 5.75 Å². The van der Waals surface area contributed by atoms with Crippen molar-refractivity contribution in [1.82, 2.24) is 15.2 Å². The molecule has 3 aromatic rings. The van der Waals surface area contributed by atoms with Crippen molar-refractivity contribution in [1.29, 1.82) is 0 Å². The van der Waals surface area contributed by atoms with E-state index in [1.54, 1.807) is 30.5 Å². The number of amides is 2. The Balaban J connectivity index is 1.32. The first-order valence-electron chi connectivity index (χ1n) is 9.81. The molecule has 2 aliphatic rings. The number of furan rings is 1. The minimum absolute atomic E-state index is 0.00488. The molecule has 0 radical (unpaired) electrons. The second-order valence-electron chi connectivity index (χ2n) is 7.86. The number of rotatable bonds is 3. The first-order chi connectivity index (χ1) is 14.1. The third-order valence-electron chi connectivity index (χ3n) is 6.18. The lowest BCUT2D eigenvalue weighted by molar-refractivity contribution is 0.0597. The van der Waals surface area contributed by atoms with E-state index in [0.29, 0.717) is 24.2 Å². The van der Waals surface area contributed by atoms with E-state index < -0.39 is 0 Å². The smallest absolute Gasteiger partial charge is 0.257 e. The zero-order chi connectivity index (χ0) is 20.0. The molecule has 5 rings (SSSR count). The number of piperidine rings is 1. The monoisotopic (exact) mass is 391 g/mol. The summed E-state index contributed by atoms with van der Waals surface area (Å²) in [6, 6.07) is 8.73. The van der Waals surface area contributed by atoms with Crippen molar-refractivity contribution in [2.24, 2.45) is 11.8 Å². The molecule has 3 atom stereocenters. The van der Waals surface area contributed by atoms with E-state index in [0.717, 1.165) is 18.2 Å². The highest BCUT2D eigenvalue weighted by molar-refractivity contribution is 6.02. The van der Waals surface area contributed by atoms with Crippen LogP contribution in [0.1, 0.15) is 33.6 Å². The summed E-state index contributed by atoms with van der Waals surface area (Å²) in [5.74, 6) is -0.0192. The predicted molar refractivity (Wildman–Crippen MR) is 105 cm³/mol. The maximum Gasteiger partial charge on any atom is 0.257 e. The van der Waals surface area contributed by atoms with Gasteiger partial charge in [-0.2, -0.15) is 0 Å². The zero-order valence-corrected chi connectivity index (χ0v) is 15.7. The lowest BCUT2D eigenvalue weighted by Crippen LogP contribution is -2.53. The Labute approximate surface area is 167 Å². The molecule has 1 aliphatic carbocycles. The third-order valence-corrected chi connectivity index (χ3v) is 6.18. The molecule has 7 heteroatoms. The molecule has 1 aliphatic heterocycles. The van der Waals surface area contributed by atoms with Crippen LogP contribution in [0.5, 0.6) is 5.75 Å². The number of nitrogens with zero attached hydrogens (tertiary/aromatic N) is 2. The van der Waals surface area contributed by atoms with Gasteiger partial charge in [0.05, 0.1) is 17.4 Å². The molecule has 29 heavy (non-hydrogen) atoms. The molecule has 0 spiro atoms. The summed E-state index contributed by atoms with van der Waals surface area (Å²) in [5, 5.41) is 14.4. The van der Waals surface area contributed by atoms with Crippen molar-refractivity contribution in [2.45, 2.75) is 18.9 Å². The number of hydrogen-bond donors (Lipinski definition) is 2.